The molecule has 0 spiro atoms. The van der Waals surface area contributed by atoms with Gasteiger partial charge in [0.2, 0.25) is 5.91 Å². The monoisotopic (exact) mass is 472 g/mol. The third-order valence-corrected chi connectivity index (χ3v) is 6.66. The Hall–Kier alpha value is -3.45. The van der Waals surface area contributed by atoms with Gasteiger partial charge in [-0.2, -0.15) is 0 Å². The maximum atomic E-state index is 13.4. The lowest BCUT2D eigenvalue weighted by atomic mass is 9.87. The molecule has 0 aliphatic carbocycles. The highest BCUT2D eigenvalue weighted by Gasteiger charge is 2.22. The lowest BCUT2D eigenvalue weighted by Crippen LogP contribution is -2.27. The number of benzene rings is 2. The average Bonchev–Trinajstić information content (AvgIpc) is 2.80. The van der Waals surface area contributed by atoms with Gasteiger partial charge in [0.25, 0.3) is 5.56 Å². The minimum Gasteiger partial charge on any atom is -0.325 e. The average molecular weight is 473 g/mol. The van der Waals surface area contributed by atoms with Gasteiger partial charge in [0.05, 0.1) is 16.2 Å². The fourth-order valence-electron chi connectivity index (χ4n) is 3.60. The van der Waals surface area contributed by atoms with E-state index >= 15 is 0 Å². The number of nitrogens with zero attached hydrogens (tertiary/aromatic N) is 3. The Kier molecular flexibility index (Phi) is 6.57. The standard InChI is InChI=1S/C27H28N4O2S/c1-17-9-8-16-28-23(17)31-25(33)21-10-6-7-11-22(21)30-26(31)34-18(2)24(32)29-20-14-12-19(13-15-20)27(3,4)5/h6-16,18H,1-5H3,(H,29,32). The number of nitrogens with one attached hydrogen (secondary N) is 1. The third kappa shape index (κ3) is 4.89. The molecule has 0 saturated carbocycles. The first-order valence-corrected chi connectivity index (χ1v) is 12.0. The molecular weight excluding hydrogens is 444 g/mol. The molecule has 1 N–H and O–H groups in total. The minimum absolute atomic E-state index is 0.0424. The highest BCUT2D eigenvalue weighted by atomic mass is 32.2. The van der Waals surface area contributed by atoms with Gasteiger partial charge in [-0.3, -0.25) is 9.59 Å². The number of anilines is 1. The summed E-state index contributed by atoms with van der Waals surface area (Å²) in [6.07, 6.45) is 1.65. The lowest BCUT2D eigenvalue weighted by molar-refractivity contribution is -0.115. The topological polar surface area (TPSA) is 76.9 Å². The molecule has 2 aromatic heterocycles. The molecule has 34 heavy (non-hydrogen) atoms. The van der Waals surface area contributed by atoms with Crippen LogP contribution in [0.2, 0.25) is 0 Å². The molecule has 2 aromatic carbocycles. The van der Waals surface area contributed by atoms with Gasteiger partial charge in [0.1, 0.15) is 5.82 Å². The largest absolute Gasteiger partial charge is 0.325 e. The number of amides is 1. The van der Waals surface area contributed by atoms with E-state index in [0.717, 1.165) is 11.3 Å². The molecule has 0 fully saturated rings. The molecule has 174 valence electrons. The molecule has 4 aromatic rings. The quantitative estimate of drug-likeness (QED) is 0.306. The summed E-state index contributed by atoms with van der Waals surface area (Å²) in [5, 5.41) is 3.41. The summed E-state index contributed by atoms with van der Waals surface area (Å²) in [5.41, 5.74) is 3.20. The van der Waals surface area contributed by atoms with E-state index in [1.807, 2.05) is 55.5 Å². The Bertz CT molecular complexity index is 1410. The summed E-state index contributed by atoms with van der Waals surface area (Å²) in [4.78, 5) is 35.6. The van der Waals surface area contributed by atoms with E-state index in [4.69, 9.17) is 4.98 Å². The van der Waals surface area contributed by atoms with Crippen molar-refractivity contribution < 1.29 is 4.79 Å². The SMILES string of the molecule is Cc1cccnc1-n1c(SC(C)C(=O)Nc2ccc(C(C)(C)C)cc2)nc2ccccc2c1=O. The van der Waals surface area contributed by atoms with Crippen LogP contribution in [-0.2, 0) is 10.2 Å². The van der Waals surface area contributed by atoms with Crippen LogP contribution < -0.4 is 10.9 Å². The maximum absolute atomic E-state index is 13.4. The third-order valence-electron chi connectivity index (χ3n) is 5.61. The number of hydrogen-bond acceptors (Lipinski definition) is 5. The molecule has 0 aliphatic rings. The van der Waals surface area contributed by atoms with Gasteiger partial charge in [0.15, 0.2) is 5.16 Å². The minimum atomic E-state index is -0.495. The fourth-order valence-corrected chi connectivity index (χ4v) is 4.51. The van der Waals surface area contributed by atoms with E-state index in [1.165, 1.54) is 21.9 Å². The lowest BCUT2D eigenvalue weighted by Gasteiger charge is -2.20. The smallest absolute Gasteiger partial charge is 0.267 e. The highest BCUT2D eigenvalue weighted by Crippen LogP contribution is 2.27. The zero-order chi connectivity index (χ0) is 24.5. The summed E-state index contributed by atoms with van der Waals surface area (Å²) in [5.74, 6) is 0.346. The van der Waals surface area contributed by atoms with Crippen LogP contribution in [0.5, 0.6) is 0 Å². The first kappa shape index (κ1) is 23.7. The van der Waals surface area contributed by atoms with E-state index < -0.39 is 5.25 Å². The van der Waals surface area contributed by atoms with Gasteiger partial charge < -0.3 is 5.32 Å². The van der Waals surface area contributed by atoms with Crippen LogP contribution in [0, 0.1) is 6.92 Å². The van der Waals surface area contributed by atoms with E-state index in [0.29, 0.717) is 21.9 Å². The molecule has 1 unspecified atom stereocenters. The predicted octanol–water partition coefficient (Wildman–Crippen LogP) is 5.51. The Balaban J connectivity index is 1.66. The normalized spacial score (nSPS) is 12.5. The molecule has 2 heterocycles. The van der Waals surface area contributed by atoms with Crippen molar-refractivity contribution in [3.63, 3.8) is 0 Å². The summed E-state index contributed by atoms with van der Waals surface area (Å²) < 4.78 is 1.50. The van der Waals surface area contributed by atoms with Gasteiger partial charge in [-0.05, 0) is 60.7 Å². The van der Waals surface area contributed by atoms with Gasteiger partial charge in [0, 0.05) is 11.9 Å². The number of para-hydroxylation sites is 1. The van der Waals surface area contributed by atoms with Crippen molar-refractivity contribution in [3.05, 3.63) is 88.3 Å². The first-order valence-electron chi connectivity index (χ1n) is 11.2. The van der Waals surface area contributed by atoms with Crippen LogP contribution in [0.3, 0.4) is 0 Å². The molecule has 0 saturated heterocycles. The number of fused-ring (bicyclic) bond motifs is 1. The van der Waals surface area contributed by atoms with E-state index in [1.54, 1.807) is 25.3 Å². The molecule has 6 nitrogen and oxygen atoms in total. The molecule has 1 amide bonds. The molecule has 0 aliphatic heterocycles. The fraction of sp³-hybridized carbons (Fsp3) is 0.259. The van der Waals surface area contributed by atoms with Crippen molar-refractivity contribution in [2.75, 3.05) is 5.32 Å². The van der Waals surface area contributed by atoms with Crippen LogP contribution in [0.25, 0.3) is 16.7 Å². The number of thioether (sulfide) groups is 1. The number of aromatic nitrogens is 3. The highest BCUT2D eigenvalue weighted by molar-refractivity contribution is 8.00. The van der Waals surface area contributed by atoms with E-state index in [-0.39, 0.29) is 16.9 Å². The summed E-state index contributed by atoms with van der Waals surface area (Å²) in [6.45, 7) is 10.2. The van der Waals surface area contributed by atoms with Gasteiger partial charge >= 0.3 is 0 Å². The number of carbonyl (C=O) groups excluding carboxylic acids is 1. The van der Waals surface area contributed by atoms with E-state index in [9.17, 15) is 9.59 Å². The van der Waals surface area contributed by atoms with Gasteiger partial charge in [-0.1, -0.05) is 62.9 Å². The van der Waals surface area contributed by atoms with Gasteiger partial charge in [-0.15, -0.1) is 0 Å². The molecule has 0 radical (unpaired) electrons. The number of rotatable bonds is 5. The number of aryl methyl sites for hydroxylation is 1. The Morgan fingerprint density at radius 2 is 1.74 bits per heavy atom. The molecular formula is C27H28N4O2S. The second kappa shape index (κ2) is 9.43. The van der Waals surface area contributed by atoms with Crippen LogP contribution in [0.4, 0.5) is 5.69 Å². The number of hydrogen-bond donors (Lipinski definition) is 1. The predicted molar refractivity (Wildman–Crippen MR) is 139 cm³/mol. The van der Waals surface area contributed by atoms with Crippen molar-refractivity contribution in [1.29, 1.82) is 0 Å². The molecule has 1 atom stereocenters. The zero-order valence-electron chi connectivity index (χ0n) is 20.0. The second-order valence-corrected chi connectivity index (χ2v) is 10.6. The first-order chi connectivity index (χ1) is 16.1. The van der Waals surface area contributed by atoms with Gasteiger partial charge in [-0.25, -0.2) is 14.5 Å². The van der Waals surface area contributed by atoms with Crippen LogP contribution in [0.15, 0.2) is 76.8 Å². The Morgan fingerprint density at radius 1 is 1.03 bits per heavy atom. The van der Waals surface area contributed by atoms with Crippen molar-refractivity contribution >= 4 is 34.3 Å². The van der Waals surface area contributed by atoms with E-state index in [2.05, 4.69) is 31.1 Å². The van der Waals surface area contributed by atoms with Crippen LogP contribution in [0.1, 0.15) is 38.8 Å². The second-order valence-electron chi connectivity index (χ2n) is 9.27. The molecule has 7 heteroatoms. The number of carbonyl (C=O) groups is 1. The Labute approximate surface area is 203 Å². The van der Waals surface area contributed by atoms with Crippen LogP contribution in [-0.4, -0.2) is 25.7 Å². The molecule has 0 bridgehead atoms. The van der Waals surface area contributed by atoms with Crippen molar-refractivity contribution in [3.8, 4) is 5.82 Å². The van der Waals surface area contributed by atoms with Crippen LogP contribution >= 0.6 is 11.8 Å². The zero-order valence-corrected chi connectivity index (χ0v) is 20.8. The number of pyridine rings is 1. The summed E-state index contributed by atoms with van der Waals surface area (Å²) in [6, 6.07) is 18.8. The maximum Gasteiger partial charge on any atom is 0.267 e. The Morgan fingerprint density at radius 3 is 2.41 bits per heavy atom. The van der Waals surface area contributed by atoms with Crippen molar-refractivity contribution in [2.45, 2.75) is 50.4 Å². The summed E-state index contributed by atoms with van der Waals surface area (Å²) in [7, 11) is 0. The summed E-state index contributed by atoms with van der Waals surface area (Å²) >= 11 is 1.24. The molecule has 4 rings (SSSR count). The van der Waals surface area contributed by atoms with Crippen molar-refractivity contribution in [1.82, 2.24) is 14.5 Å². The van der Waals surface area contributed by atoms with Crippen molar-refractivity contribution in [2.24, 2.45) is 0 Å².